The summed E-state index contributed by atoms with van der Waals surface area (Å²) >= 11 is 12.9. The number of halogens is 1. The molecule has 0 atom stereocenters. The largest absolute Gasteiger partial charge is 0.494 e. The second-order valence-corrected chi connectivity index (χ2v) is 7.36. The van der Waals surface area contributed by atoms with Gasteiger partial charge in [0, 0.05) is 15.8 Å². The molecule has 3 aromatic rings. The molecule has 0 spiro atoms. The fourth-order valence-electron chi connectivity index (χ4n) is 2.34. The van der Waals surface area contributed by atoms with Crippen LogP contribution in [-0.2, 0) is 0 Å². The van der Waals surface area contributed by atoms with Crippen LogP contribution in [0.2, 0.25) is 5.02 Å². The number of anilines is 1. The molecule has 1 aromatic heterocycles. The fraction of sp³-hybridized carbons (Fsp3) is 0.158. The molecule has 0 bridgehead atoms. The number of hydrogen-bond acceptors (Lipinski definition) is 4. The van der Waals surface area contributed by atoms with E-state index < -0.39 is 0 Å². The zero-order valence-corrected chi connectivity index (χ0v) is 16.4. The molecular formula is C19H17ClN2O2S2. The summed E-state index contributed by atoms with van der Waals surface area (Å²) in [6, 6.07) is 15.0. The van der Waals surface area contributed by atoms with Crippen molar-refractivity contribution in [2.45, 2.75) is 13.3 Å². The molecular weight excluding hydrogens is 388 g/mol. The van der Waals surface area contributed by atoms with E-state index in [9.17, 15) is 4.79 Å². The zero-order chi connectivity index (χ0) is 18.5. The molecule has 0 saturated heterocycles. The first kappa shape index (κ1) is 18.6. The predicted molar refractivity (Wildman–Crippen MR) is 113 cm³/mol. The van der Waals surface area contributed by atoms with E-state index in [2.05, 4.69) is 17.6 Å². The zero-order valence-electron chi connectivity index (χ0n) is 14.0. The molecule has 1 amide bonds. The van der Waals surface area contributed by atoms with Crippen LogP contribution in [0.25, 0.3) is 10.1 Å². The van der Waals surface area contributed by atoms with Crippen LogP contribution in [0.4, 0.5) is 5.69 Å². The number of carbonyl (C=O) groups excluding carboxylic acids is 1. The minimum atomic E-state index is -0.323. The van der Waals surface area contributed by atoms with Crippen molar-refractivity contribution in [2.24, 2.45) is 0 Å². The van der Waals surface area contributed by atoms with Gasteiger partial charge in [-0.25, -0.2) is 0 Å². The van der Waals surface area contributed by atoms with Gasteiger partial charge in [-0.2, -0.15) is 0 Å². The minimum Gasteiger partial charge on any atom is -0.494 e. The normalized spacial score (nSPS) is 10.5. The first-order chi connectivity index (χ1) is 12.6. The highest BCUT2D eigenvalue weighted by Crippen LogP contribution is 2.34. The summed E-state index contributed by atoms with van der Waals surface area (Å²) in [4.78, 5) is 12.9. The maximum atomic E-state index is 12.5. The van der Waals surface area contributed by atoms with E-state index in [0.29, 0.717) is 16.5 Å². The molecule has 3 rings (SSSR count). The number of carbonyl (C=O) groups is 1. The summed E-state index contributed by atoms with van der Waals surface area (Å²) in [6.45, 7) is 2.73. The van der Waals surface area contributed by atoms with Gasteiger partial charge in [-0.1, -0.05) is 36.7 Å². The lowest BCUT2D eigenvalue weighted by molar-refractivity contribution is 0.0982. The molecule has 0 aliphatic heterocycles. The van der Waals surface area contributed by atoms with E-state index in [1.54, 1.807) is 0 Å². The number of benzene rings is 2. The molecule has 0 fully saturated rings. The summed E-state index contributed by atoms with van der Waals surface area (Å²) in [6.07, 6.45) is 0.955. The van der Waals surface area contributed by atoms with Gasteiger partial charge in [0.2, 0.25) is 0 Å². The Morgan fingerprint density at radius 3 is 2.62 bits per heavy atom. The van der Waals surface area contributed by atoms with Crippen molar-refractivity contribution < 1.29 is 9.53 Å². The van der Waals surface area contributed by atoms with E-state index >= 15 is 0 Å². The van der Waals surface area contributed by atoms with E-state index in [-0.39, 0.29) is 11.0 Å². The van der Waals surface area contributed by atoms with Crippen molar-refractivity contribution in [3.63, 3.8) is 0 Å². The number of hydrogen-bond donors (Lipinski definition) is 2. The summed E-state index contributed by atoms with van der Waals surface area (Å²) < 4.78 is 6.50. The minimum absolute atomic E-state index is 0.214. The number of rotatable bonds is 5. The summed E-state index contributed by atoms with van der Waals surface area (Å²) in [5.74, 6) is 0.473. The molecule has 0 radical (unpaired) electrons. The van der Waals surface area contributed by atoms with Gasteiger partial charge < -0.3 is 10.1 Å². The van der Waals surface area contributed by atoms with E-state index in [1.807, 2.05) is 48.5 Å². The van der Waals surface area contributed by atoms with Crippen molar-refractivity contribution in [3.8, 4) is 5.75 Å². The predicted octanol–water partition coefficient (Wildman–Crippen LogP) is 5.47. The number of thiophene rings is 1. The second-order valence-electron chi connectivity index (χ2n) is 5.52. The van der Waals surface area contributed by atoms with Gasteiger partial charge in [0.25, 0.3) is 5.91 Å². The maximum Gasteiger partial charge on any atom is 0.269 e. The molecule has 7 heteroatoms. The third kappa shape index (κ3) is 4.33. The summed E-state index contributed by atoms with van der Waals surface area (Å²) in [5.41, 5.74) is 0.765. The first-order valence-corrected chi connectivity index (χ1v) is 9.71. The van der Waals surface area contributed by atoms with Crippen molar-refractivity contribution >= 4 is 61.9 Å². The average Bonchev–Trinajstić information content (AvgIpc) is 2.98. The Morgan fingerprint density at radius 1 is 1.19 bits per heavy atom. The highest BCUT2D eigenvalue weighted by atomic mass is 35.5. The average molecular weight is 405 g/mol. The number of amides is 1. The quantitative estimate of drug-likeness (QED) is 0.553. The standard InChI is InChI=1S/C19H17ClN2O2S2/c1-2-11-24-13-9-7-12(8-10-13)21-19(25)22-18(23)17-16(20)14-5-3-4-6-15(14)26-17/h3-10H,2,11H2,1H3,(H2,21,22,23,25). The van der Waals surface area contributed by atoms with Crippen LogP contribution in [0, 0.1) is 0 Å². The SMILES string of the molecule is CCCOc1ccc(NC(=S)NC(=O)c2sc3ccccc3c2Cl)cc1. The lowest BCUT2D eigenvalue weighted by Gasteiger charge is -2.10. The Morgan fingerprint density at radius 2 is 1.92 bits per heavy atom. The fourth-order valence-corrected chi connectivity index (χ4v) is 3.96. The topological polar surface area (TPSA) is 50.4 Å². The summed E-state index contributed by atoms with van der Waals surface area (Å²) in [5, 5.41) is 7.18. The molecule has 4 nitrogen and oxygen atoms in total. The van der Waals surface area contributed by atoms with Crippen LogP contribution in [0.1, 0.15) is 23.0 Å². The van der Waals surface area contributed by atoms with Gasteiger partial charge >= 0.3 is 0 Å². The Labute approximate surface area is 166 Å². The molecule has 134 valence electrons. The molecule has 0 saturated carbocycles. The van der Waals surface area contributed by atoms with Gasteiger partial charge in [0.05, 0.1) is 11.6 Å². The second kappa shape index (κ2) is 8.49. The lowest BCUT2D eigenvalue weighted by Crippen LogP contribution is -2.33. The molecule has 0 aliphatic carbocycles. The third-order valence-corrected chi connectivity index (χ3v) is 5.43. The van der Waals surface area contributed by atoms with Gasteiger partial charge in [-0.15, -0.1) is 11.3 Å². The lowest BCUT2D eigenvalue weighted by atomic mass is 10.2. The molecule has 26 heavy (non-hydrogen) atoms. The van der Waals surface area contributed by atoms with Crippen molar-refractivity contribution in [1.29, 1.82) is 0 Å². The van der Waals surface area contributed by atoms with Crippen LogP contribution in [0.3, 0.4) is 0 Å². The van der Waals surface area contributed by atoms with Gasteiger partial charge in [-0.3, -0.25) is 10.1 Å². The maximum absolute atomic E-state index is 12.5. The summed E-state index contributed by atoms with van der Waals surface area (Å²) in [7, 11) is 0. The molecule has 0 aliphatic rings. The third-order valence-electron chi connectivity index (χ3n) is 3.55. The Hall–Kier alpha value is -2.15. The number of fused-ring (bicyclic) bond motifs is 1. The molecule has 1 heterocycles. The smallest absolute Gasteiger partial charge is 0.269 e. The van der Waals surface area contributed by atoms with Gasteiger partial charge in [0.15, 0.2) is 5.11 Å². The highest BCUT2D eigenvalue weighted by Gasteiger charge is 2.17. The number of ether oxygens (including phenoxy) is 1. The van der Waals surface area contributed by atoms with Crippen LogP contribution in [0.15, 0.2) is 48.5 Å². The van der Waals surface area contributed by atoms with Crippen LogP contribution >= 0.6 is 35.2 Å². The molecule has 2 N–H and O–H groups in total. The highest BCUT2D eigenvalue weighted by molar-refractivity contribution is 7.80. The van der Waals surface area contributed by atoms with Gasteiger partial charge in [0.1, 0.15) is 10.6 Å². The first-order valence-electron chi connectivity index (χ1n) is 8.10. The van der Waals surface area contributed by atoms with Crippen LogP contribution in [0.5, 0.6) is 5.75 Å². The van der Waals surface area contributed by atoms with Gasteiger partial charge in [-0.05, 0) is 49.0 Å². The van der Waals surface area contributed by atoms with Crippen molar-refractivity contribution in [1.82, 2.24) is 5.32 Å². The van der Waals surface area contributed by atoms with E-state index in [0.717, 1.165) is 27.9 Å². The molecule has 2 aromatic carbocycles. The van der Waals surface area contributed by atoms with Crippen LogP contribution in [-0.4, -0.2) is 17.6 Å². The Balaban J connectivity index is 1.63. The monoisotopic (exact) mass is 404 g/mol. The van der Waals surface area contributed by atoms with Crippen molar-refractivity contribution in [2.75, 3.05) is 11.9 Å². The van der Waals surface area contributed by atoms with E-state index in [1.165, 1.54) is 11.3 Å². The Kier molecular flexibility index (Phi) is 6.08. The number of nitrogens with one attached hydrogen (secondary N) is 2. The van der Waals surface area contributed by atoms with E-state index in [4.69, 9.17) is 28.6 Å². The Bertz CT molecular complexity index is 938. The number of thiocarbonyl (C=S) groups is 1. The van der Waals surface area contributed by atoms with Crippen LogP contribution < -0.4 is 15.4 Å². The molecule has 0 unspecified atom stereocenters. The van der Waals surface area contributed by atoms with Crippen molar-refractivity contribution in [3.05, 3.63) is 58.4 Å².